The Bertz CT molecular complexity index is 941. The number of anilines is 2. The zero-order valence-electron chi connectivity index (χ0n) is 15.3. The second-order valence-corrected chi connectivity index (χ2v) is 8.53. The summed E-state index contributed by atoms with van der Waals surface area (Å²) >= 11 is 0. The Balaban J connectivity index is 1.70. The minimum atomic E-state index is -3.40. The van der Waals surface area contributed by atoms with Crippen LogP contribution in [0.3, 0.4) is 0 Å². The number of benzene rings is 2. The summed E-state index contributed by atoms with van der Waals surface area (Å²) in [5.41, 5.74) is 1.41. The third kappa shape index (κ3) is 4.21. The fraction of sp³-hybridized carbons (Fsp3) is 0.316. The lowest BCUT2D eigenvalue weighted by Gasteiger charge is -2.36. The smallest absolute Gasteiger partial charge is 0.254 e. The second-order valence-electron chi connectivity index (χ2n) is 6.51. The van der Waals surface area contributed by atoms with E-state index in [1.165, 1.54) is 13.1 Å². The molecule has 1 aliphatic heterocycles. The van der Waals surface area contributed by atoms with Crippen molar-refractivity contribution in [3.8, 4) is 0 Å². The molecular weight excluding hydrogens is 369 g/mol. The van der Waals surface area contributed by atoms with E-state index in [2.05, 4.69) is 0 Å². The molecule has 0 spiro atoms. The molecule has 0 bridgehead atoms. The highest BCUT2D eigenvalue weighted by Crippen LogP contribution is 2.22. The van der Waals surface area contributed by atoms with Crippen LogP contribution in [0.1, 0.15) is 10.4 Å². The number of sulfonamides is 1. The van der Waals surface area contributed by atoms with Gasteiger partial charge in [-0.25, -0.2) is 12.8 Å². The molecule has 0 aromatic heterocycles. The van der Waals surface area contributed by atoms with Gasteiger partial charge >= 0.3 is 0 Å². The molecule has 1 heterocycles. The lowest BCUT2D eigenvalue weighted by molar-refractivity contribution is 0.0746. The van der Waals surface area contributed by atoms with Crippen molar-refractivity contribution >= 4 is 27.3 Å². The predicted molar refractivity (Wildman–Crippen MR) is 104 cm³/mol. The van der Waals surface area contributed by atoms with Crippen LogP contribution in [0.2, 0.25) is 0 Å². The number of halogens is 1. The van der Waals surface area contributed by atoms with Crippen LogP contribution in [0.4, 0.5) is 15.8 Å². The molecule has 0 radical (unpaired) electrons. The number of rotatable bonds is 4. The standard InChI is InChI=1S/C19H22FN3O3S/c1-21(27(2,25)26)16-7-5-6-15(14-16)19(24)23-12-10-22(11-13-23)18-9-4-3-8-17(18)20/h3-9,14H,10-13H2,1-2H3. The first-order valence-electron chi connectivity index (χ1n) is 8.60. The van der Waals surface area contributed by atoms with E-state index in [1.54, 1.807) is 47.4 Å². The maximum absolute atomic E-state index is 13.9. The van der Waals surface area contributed by atoms with E-state index in [0.29, 0.717) is 43.1 Å². The van der Waals surface area contributed by atoms with Crippen LogP contribution in [0.15, 0.2) is 48.5 Å². The van der Waals surface area contributed by atoms with Crippen LogP contribution in [-0.2, 0) is 10.0 Å². The van der Waals surface area contributed by atoms with Gasteiger partial charge in [-0.15, -0.1) is 0 Å². The average molecular weight is 391 g/mol. The molecular formula is C19H22FN3O3S. The first-order chi connectivity index (χ1) is 12.8. The number of carbonyl (C=O) groups excluding carboxylic acids is 1. The normalized spacial score (nSPS) is 14.9. The number of hydrogen-bond acceptors (Lipinski definition) is 4. The van der Waals surface area contributed by atoms with Gasteiger partial charge in [-0.3, -0.25) is 9.10 Å². The fourth-order valence-corrected chi connectivity index (χ4v) is 3.56. The van der Waals surface area contributed by atoms with Gasteiger partial charge in [0.05, 0.1) is 17.6 Å². The molecule has 0 aliphatic carbocycles. The number of amides is 1. The number of hydrogen-bond donors (Lipinski definition) is 0. The van der Waals surface area contributed by atoms with Crippen molar-refractivity contribution in [1.29, 1.82) is 0 Å². The summed E-state index contributed by atoms with van der Waals surface area (Å²) in [5, 5.41) is 0. The molecule has 8 heteroatoms. The van der Waals surface area contributed by atoms with Crippen molar-refractivity contribution < 1.29 is 17.6 Å². The predicted octanol–water partition coefficient (Wildman–Crippen LogP) is 2.18. The molecule has 0 N–H and O–H groups in total. The van der Waals surface area contributed by atoms with E-state index < -0.39 is 10.0 Å². The first kappa shape index (κ1) is 19.2. The van der Waals surface area contributed by atoms with E-state index in [9.17, 15) is 17.6 Å². The van der Waals surface area contributed by atoms with E-state index in [-0.39, 0.29) is 11.7 Å². The third-order valence-electron chi connectivity index (χ3n) is 4.71. The van der Waals surface area contributed by atoms with Crippen LogP contribution in [-0.4, -0.2) is 58.7 Å². The lowest BCUT2D eigenvalue weighted by Crippen LogP contribution is -2.49. The Morgan fingerprint density at radius 1 is 1.04 bits per heavy atom. The summed E-state index contributed by atoms with van der Waals surface area (Å²) in [6.07, 6.45) is 1.11. The van der Waals surface area contributed by atoms with Crippen molar-refractivity contribution in [2.45, 2.75) is 0 Å². The van der Waals surface area contributed by atoms with Gasteiger partial charge in [0.2, 0.25) is 10.0 Å². The molecule has 1 aliphatic rings. The minimum absolute atomic E-state index is 0.160. The molecule has 1 amide bonds. The number of piperazine rings is 1. The zero-order valence-corrected chi connectivity index (χ0v) is 16.1. The molecule has 6 nitrogen and oxygen atoms in total. The fourth-order valence-electron chi connectivity index (χ4n) is 3.07. The summed E-state index contributed by atoms with van der Waals surface area (Å²) in [7, 11) is -1.95. The van der Waals surface area contributed by atoms with Crippen molar-refractivity contribution in [1.82, 2.24) is 4.90 Å². The molecule has 0 atom stereocenters. The van der Waals surface area contributed by atoms with Crippen molar-refractivity contribution in [3.05, 3.63) is 59.9 Å². The number of carbonyl (C=O) groups is 1. The van der Waals surface area contributed by atoms with E-state index in [1.807, 2.05) is 4.90 Å². The summed E-state index contributed by atoms with van der Waals surface area (Å²) in [6.45, 7) is 2.02. The summed E-state index contributed by atoms with van der Waals surface area (Å²) in [4.78, 5) is 16.4. The topological polar surface area (TPSA) is 60.9 Å². The van der Waals surface area contributed by atoms with Crippen LogP contribution in [0, 0.1) is 5.82 Å². The highest BCUT2D eigenvalue weighted by atomic mass is 32.2. The molecule has 1 saturated heterocycles. The summed E-state index contributed by atoms with van der Waals surface area (Å²) in [6, 6.07) is 13.2. The van der Waals surface area contributed by atoms with Crippen LogP contribution >= 0.6 is 0 Å². The highest BCUT2D eigenvalue weighted by Gasteiger charge is 2.24. The quantitative estimate of drug-likeness (QED) is 0.802. The number of nitrogens with zero attached hydrogens (tertiary/aromatic N) is 3. The lowest BCUT2D eigenvalue weighted by atomic mass is 10.1. The Morgan fingerprint density at radius 3 is 2.33 bits per heavy atom. The van der Waals surface area contributed by atoms with E-state index in [0.717, 1.165) is 10.6 Å². The highest BCUT2D eigenvalue weighted by molar-refractivity contribution is 7.92. The summed E-state index contributed by atoms with van der Waals surface area (Å²) in [5.74, 6) is -0.430. The first-order valence-corrected chi connectivity index (χ1v) is 10.4. The molecule has 27 heavy (non-hydrogen) atoms. The second kappa shape index (κ2) is 7.56. The Kier molecular flexibility index (Phi) is 5.36. The van der Waals surface area contributed by atoms with Crippen molar-refractivity contribution in [2.75, 3.05) is 48.7 Å². The molecule has 3 rings (SSSR count). The number of para-hydroxylation sites is 1. The molecule has 2 aromatic carbocycles. The Labute approximate surface area is 158 Å². The van der Waals surface area contributed by atoms with Crippen LogP contribution in [0.25, 0.3) is 0 Å². The Hall–Kier alpha value is -2.61. The maximum atomic E-state index is 13.9. The van der Waals surface area contributed by atoms with Gasteiger partial charge < -0.3 is 9.80 Å². The van der Waals surface area contributed by atoms with Gasteiger partial charge in [0.15, 0.2) is 0 Å². The van der Waals surface area contributed by atoms with Crippen LogP contribution < -0.4 is 9.21 Å². The SMILES string of the molecule is CN(c1cccc(C(=O)N2CCN(c3ccccc3F)CC2)c1)S(C)(=O)=O. The van der Waals surface area contributed by atoms with Gasteiger partial charge in [0.25, 0.3) is 5.91 Å². The van der Waals surface area contributed by atoms with Gasteiger partial charge in [-0.05, 0) is 30.3 Å². The van der Waals surface area contributed by atoms with E-state index in [4.69, 9.17) is 0 Å². The molecule has 144 valence electrons. The Morgan fingerprint density at radius 2 is 1.70 bits per heavy atom. The van der Waals surface area contributed by atoms with Gasteiger partial charge in [-0.2, -0.15) is 0 Å². The third-order valence-corrected chi connectivity index (χ3v) is 5.92. The van der Waals surface area contributed by atoms with Gasteiger partial charge in [0.1, 0.15) is 5.82 Å². The molecule has 1 fully saturated rings. The van der Waals surface area contributed by atoms with Crippen LogP contribution in [0.5, 0.6) is 0 Å². The average Bonchev–Trinajstić information content (AvgIpc) is 2.67. The van der Waals surface area contributed by atoms with Gasteiger partial charge in [0, 0.05) is 38.8 Å². The molecule has 2 aromatic rings. The molecule has 0 saturated carbocycles. The minimum Gasteiger partial charge on any atom is -0.366 e. The largest absolute Gasteiger partial charge is 0.366 e. The van der Waals surface area contributed by atoms with E-state index >= 15 is 0 Å². The zero-order chi connectivity index (χ0) is 19.6. The van der Waals surface area contributed by atoms with Crippen molar-refractivity contribution in [3.63, 3.8) is 0 Å². The maximum Gasteiger partial charge on any atom is 0.254 e. The van der Waals surface area contributed by atoms with Crippen molar-refractivity contribution in [2.24, 2.45) is 0 Å². The van der Waals surface area contributed by atoms with Gasteiger partial charge in [-0.1, -0.05) is 18.2 Å². The summed E-state index contributed by atoms with van der Waals surface area (Å²) < 4.78 is 38.5. The monoisotopic (exact) mass is 391 g/mol. The molecule has 0 unspecified atom stereocenters.